The second-order valence-corrected chi connectivity index (χ2v) is 25.2. The van der Waals surface area contributed by atoms with Gasteiger partial charge in [-0.3, -0.25) is 13.9 Å². The zero-order valence-corrected chi connectivity index (χ0v) is 30.4. The van der Waals surface area contributed by atoms with Crippen molar-refractivity contribution in [2.45, 2.75) is 109 Å². The van der Waals surface area contributed by atoms with Crippen LogP contribution >= 0.6 is 37.6 Å². The molecule has 0 heterocycles. The van der Waals surface area contributed by atoms with Crippen LogP contribution < -0.4 is 0 Å². The molecule has 0 aliphatic heterocycles. The first kappa shape index (κ1) is 57.9. The van der Waals surface area contributed by atoms with Gasteiger partial charge in [0, 0.05) is 26.9 Å². The Morgan fingerprint density at radius 1 is 0.892 bits per heavy atom. The number of carboxylic acids is 1. The molecule has 0 rings (SSSR count). The molecule has 0 spiro atoms. The van der Waals surface area contributed by atoms with Crippen LogP contribution in [0, 0.1) is 0 Å². The lowest BCUT2D eigenvalue weighted by molar-refractivity contribution is -0.134. The number of halogens is 1. The molecule has 0 aliphatic carbocycles. The van der Waals surface area contributed by atoms with Gasteiger partial charge in [-0.25, -0.2) is 0 Å². The van der Waals surface area contributed by atoms with E-state index in [4.69, 9.17) is 27.3 Å². The highest BCUT2D eigenvalue weighted by Gasteiger charge is 2.28. The molecular formula is C23H67IO8P2Si3. The molecule has 0 radical (unpaired) electrons. The van der Waals surface area contributed by atoms with E-state index < -0.39 is 47.3 Å². The van der Waals surface area contributed by atoms with E-state index in [0.29, 0.717) is 13.2 Å². The maximum atomic E-state index is 11.0. The molecule has 0 atom stereocenters. The summed E-state index contributed by atoms with van der Waals surface area (Å²) in [6.07, 6.45) is 2.71. The molecule has 14 heteroatoms. The normalized spacial score (nSPS) is 10.8. The minimum absolute atomic E-state index is 0. The van der Waals surface area contributed by atoms with Crippen LogP contribution in [0.25, 0.3) is 0 Å². The van der Waals surface area contributed by atoms with Crippen molar-refractivity contribution in [2.24, 2.45) is 0 Å². The van der Waals surface area contributed by atoms with E-state index in [-0.39, 0.29) is 29.7 Å². The van der Waals surface area contributed by atoms with Gasteiger partial charge >= 0.3 is 7.60 Å². The topological polar surface area (TPSA) is 108 Å². The molecule has 0 unspecified atom stereocenters. The Bertz CT molecular complexity index is 559. The van der Waals surface area contributed by atoms with Gasteiger partial charge in [-0.1, -0.05) is 65.3 Å². The zero-order valence-electron chi connectivity index (χ0n) is 23.0. The largest absolute Gasteiger partial charge is 0.481 e. The van der Waals surface area contributed by atoms with E-state index in [1.54, 1.807) is 27.2 Å². The van der Waals surface area contributed by atoms with Crippen molar-refractivity contribution < 1.29 is 36.4 Å². The summed E-state index contributed by atoms with van der Waals surface area (Å²) in [7, 11) is -7.86. The summed E-state index contributed by atoms with van der Waals surface area (Å²) in [6.45, 7) is 23.9. The Labute approximate surface area is 251 Å². The second kappa shape index (κ2) is 31.7. The average molecular weight is 745 g/mol. The number of alkyl halides is 1. The van der Waals surface area contributed by atoms with Crippen molar-refractivity contribution >= 4 is 69.9 Å². The molecular weight excluding hydrogens is 677 g/mol. The van der Waals surface area contributed by atoms with Gasteiger partial charge in [0.1, 0.15) is 0 Å². The Morgan fingerprint density at radius 3 is 1.43 bits per heavy atom. The first-order valence-electron chi connectivity index (χ1n) is 11.2. The number of carboxylic acid groups (broad SMARTS) is 1. The standard InChI is InChI=1S/C9H23IOSi2.C5H13O3P.C3H11O2PSi.C2H4O2.4CH4/c1-12(2,3)11-13(4,5)9-7-6-8-10;1-4-7-9(3,6)8-5-2;1-6(2,4)5-7-3;1-2(3)4;;;;/h6-9H2,1-5H3;4-5H2,1-3H3;7H2,1-3H3;1H3,(H,3,4);4*1H4. The Balaban J connectivity index is -0.0000000520. The molecule has 8 nitrogen and oxygen atoms in total. The molecule has 0 saturated heterocycles. The number of rotatable bonds is 12. The summed E-state index contributed by atoms with van der Waals surface area (Å²) in [4.78, 5) is 9.00. The van der Waals surface area contributed by atoms with Crippen LogP contribution in [-0.4, -0.2) is 75.1 Å². The van der Waals surface area contributed by atoms with Crippen molar-refractivity contribution in [1.82, 2.24) is 0 Å². The second-order valence-electron chi connectivity index (χ2n) is 8.92. The predicted octanol–water partition coefficient (Wildman–Crippen LogP) is 9.45. The highest BCUT2D eigenvalue weighted by atomic mass is 127. The highest BCUT2D eigenvalue weighted by molar-refractivity contribution is 14.1. The number of aliphatic carboxylic acids is 1. The molecule has 0 aromatic rings. The molecule has 1 N–H and O–H groups in total. The van der Waals surface area contributed by atoms with Gasteiger partial charge in [0.05, 0.1) is 13.2 Å². The van der Waals surface area contributed by atoms with Crippen LogP contribution in [0.1, 0.15) is 63.3 Å². The minimum Gasteiger partial charge on any atom is -0.481 e. The summed E-state index contributed by atoms with van der Waals surface area (Å²) in [5, 5.41) is 7.42. The van der Waals surface area contributed by atoms with Gasteiger partial charge in [0.2, 0.25) is 0 Å². The third kappa shape index (κ3) is 72.6. The Kier molecular flexibility index (Phi) is 49.6. The molecule has 0 amide bonds. The summed E-state index contributed by atoms with van der Waals surface area (Å²) >= 11 is 2.45. The highest BCUT2D eigenvalue weighted by Crippen LogP contribution is 2.43. The first-order chi connectivity index (χ1) is 14.7. The van der Waals surface area contributed by atoms with Crippen LogP contribution in [0.5, 0.6) is 0 Å². The third-order valence-electron chi connectivity index (χ3n) is 2.91. The average Bonchev–Trinajstić information content (AvgIpc) is 2.52. The molecule has 0 bridgehead atoms. The van der Waals surface area contributed by atoms with E-state index in [2.05, 4.69) is 55.3 Å². The minimum atomic E-state index is -2.69. The van der Waals surface area contributed by atoms with Crippen LogP contribution in [0.2, 0.25) is 45.3 Å². The molecule has 236 valence electrons. The van der Waals surface area contributed by atoms with E-state index >= 15 is 0 Å². The molecule has 0 aromatic carbocycles. The van der Waals surface area contributed by atoms with Crippen LogP contribution in [0.15, 0.2) is 0 Å². The maximum absolute atomic E-state index is 11.0. The summed E-state index contributed by atoms with van der Waals surface area (Å²) in [5.74, 6) is -0.833. The number of hydrogen-bond acceptors (Lipinski definition) is 7. The van der Waals surface area contributed by atoms with Crippen LogP contribution in [0.4, 0.5) is 0 Å². The fourth-order valence-corrected chi connectivity index (χ4v) is 14.5. The van der Waals surface area contributed by atoms with Gasteiger partial charge < -0.3 is 22.5 Å². The Morgan fingerprint density at radius 2 is 1.24 bits per heavy atom. The molecule has 37 heavy (non-hydrogen) atoms. The molecule has 0 aromatic heterocycles. The van der Waals surface area contributed by atoms with Gasteiger partial charge in [0.25, 0.3) is 5.97 Å². The number of hydrogen-bond donors (Lipinski definition) is 1. The molecule has 0 fully saturated rings. The monoisotopic (exact) mass is 744 g/mol. The van der Waals surface area contributed by atoms with Crippen molar-refractivity contribution in [3.8, 4) is 0 Å². The van der Waals surface area contributed by atoms with Gasteiger partial charge in [-0.2, -0.15) is 0 Å². The SMILES string of the molecule is C.C.C.C.CC(=O)O.CCOP(C)(=O)OCC.C[SiH2]OP(C)(C)=O.C[Si](C)(C)O[Si](C)(C)CCCCI. The summed E-state index contributed by atoms with van der Waals surface area (Å²) in [6, 6.07) is 1.33. The van der Waals surface area contributed by atoms with E-state index in [1.165, 1.54) is 30.0 Å². The fourth-order valence-electron chi connectivity index (χ4n) is 2.34. The van der Waals surface area contributed by atoms with E-state index in [1.807, 2.05) is 6.55 Å². The first-order valence-corrected chi connectivity index (χ1v) is 25.7. The lowest BCUT2D eigenvalue weighted by Gasteiger charge is -2.31. The van der Waals surface area contributed by atoms with Gasteiger partial charge in [-0.05, 0) is 63.5 Å². The van der Waals surface area contributed by atoms with E-state index in [9.17, 15) is 9.13 Å². The van der Waals surface area contributed by atoms with Crippen molar-refractivity contribution in [3.63, 3.8) is 0 Å². The van der Waals surface area contributed by atoms with Crippen molar-refractivity contribution in [1.29, 1.82) is 0 Å². The molecule has 0 aliphatic rings. The summed E-state index contributed by atoms with van der Waals surface area (Å²) in [5.41, 5.74) is 0. The fraction of sp³-hybridized carbons (Fsp3) is 0.957. The van der Waals surface area contributed by atoms with E-state index in [0.717, 1.165) is 6.92 Å². The summed E-state index contributed by atoms with van der Waals surface area (Å²) < 4.78 is 43.7. The lowest BCUT2D eigenvalue weighted by Crippen LogP contribution is -2.42. The lowest BCUT2D eigenvalue weighted by atomic mass is 10.4. The quantitative estimate of drug-likeness (QED) is 0.0693. The Hall–Kier alpha value is 1.15. The van der Waals surface area contributed by atoms with Gasteiger partial charge in [0.15, 0.2) is 33.8 Å². The molecule has 0 saturated carbocycles. The maximum Gasteiger partial charge on any atom is 0.327 e. The van der Waals surface area contributed by atoms with Crippen molar-refractivity contribution in [2.75, 3.05) is 37.6 Å². The zero-order chi connectivity index (χ0) is 27.4. The van der Waals surface area contributed by atoms with Crippen LogP contribution in [-0.2, 0) is 31.3 Å². The number of carbonyl (C=O) groups is 1. The van der Waals surface area contributed by atoms with Gasteiger partial charge in [-0.15, -0.1) is 0 Å². The van der Waals surface area contributed by atoms with Crippen molar-refractivity contribution in [3.05, 3.63) is 0 Å². The third-order valence-corrected chi connectivity index (χ3v) is 14.9. The number of unbranched alkanes of at least 4 members (excludes halogenated alkanes) is 1. The van der Waals surface area contributed by atoms with Crippen LogP contribution in [0.3, 0.4) is 0 Å². The predicted molar refractivity (Wildman–Crippen MR) is 187 cm³/mol. The smallest absolute Gasteiger partial charge is 0.327 e.